The van der Waals surface area contributed by atoms with E-state index in [1.54, 1.807) is 0 Å². The van der Waals surface area contributed by atoms with Gasteiger partial charge in [-0.15, -0.1) is 0 Å². The quantitative estimate of drug-likeness (QED) is 0.525. The van der Waals surface area contributed by atoms with Gasteiger partial charge < -0.3 is 9.84 Å². The summed E-state index contributed by atoms with van der Waals surface area (Å²) in [5.74, 6) is 5.31. The van der Waals surface area contributed by atoms with Gasteiger partial charge in [0.25, 0.3) is 0 Å². The van der Waals surface area contributed by atoms with E-state index < -0.39 is 0 Å². The van der Waals surface area contributed by atoms with Crippen molar-refractivity contribution >= 4 is 0 Å². The van der Waals surface area contributed by atoms with E-state index in [1.807, 2.05) is 0 Å². The molecule has 1 saturated heterocycles. The van der Waals surface area contributed by atoms with Crippen molar-refractivity contribution in [1.82, 2.24) is 0 Å². The average molecular weight is 403 g/mol. The molecule has 4 aliphatic carbocycles. The molecule has 1 heterocycles. The molecule has 0 amide bonds. The van der Waals surface area contributed by atoms with Gasteiger partial charge in [-0.05, 0) is 85.9 Å². The summed E-state index contributed by atoms with van der Waals surface area (Å²) in [4.78, 5) is 0. The van der Waals surface area contributed by atoms with Gasteiger partial charge in [0.15, 0.2) is 0 Å². The Kier molecular flexibility index (Phi) is 4.99. The molecule has 0 unspecified atom stereocenters. The number of hydrogen-bond donors (Lipinski definition) is 1. The standard InChI is InChI=1S/C27H46O2/c1-17(2)7-6-8-18(3)21-9-10-22-20-15-24-27(29-24)16-19(28)11-14-26(27,5)23(20)12-13-25(21,22)4/h17-24,28H,6-16H2,1-5H3/t18-,19+,20-,21+,22-,23-,24-,25+,26+,27-/m0/s1. The number of aliphatic hydroxyl groups is 1. The molecule has 5 aliphatic rings. The van der Waals surface area contributed by atoms with Crippen LogP contribution in [0.2, 0.25) is 0 Å². The summed E-state index contributed by atoms with van der Waals surface area (Å²) in [5.41, 5.74) is 0.932. The van der Waals surface area contributed by atoms with Crippen LogP contribution in [0.3, 0.4) is 0 Å². The second-order valence-electron chi connectivity index (χ2n) is 13.0. The minimum absolute atomic E-state index is 0.0434. The third-order valence-corrected chi connectivity index (χ3v) is 11.3. The Morgan fingerprint density at radius 1 is 0.966 bits per heavy atom. The normalized spacial score (nSPS) is 54.3. The molecule has 0 aromatic heterocycles. The number of hydrogen-bond acceptors (Lipinski definition) is 2. The second-order valence-corrected chi connectivity index (χ2v) is 13.0. The topological polar surface area (TPSA) is 32.8 Å². The molecule has 2 nitrogen and oxygen atoms in total. The first kappa shape index (κ1) is 20.8. The largest absolute Gasteiger partial charge is 0.393 e. The third kappa shape index (κ3) is 2.94. The van der Waals surface area contributed by atoms with Gasteiger partial charge in [0.1, 0.15) is 5.60 Å². The average Bonchev–Trinajstić information content (AvgIpc) is 3.22. The number of epoxide rings is 1. The van der Waals surface area contributed by atoms with Gasteiger partial charge in [-0.1, -0.05) is 53.9 Å². The maximum Gasteiger partial charge on any atom is 0.103 e. The van der Waals surface area contributed by atoms with Crippen molar-refractivity contribution in [3.63, 3.8) is 0 Å². The number of fused-ring (bicyclic) bond motifs is 4. The first-order valence-corrected chi connectivity index (χ1v) is 13.1. The van der Waals surface area contributed by atoms with E-state index in [-0.39, 0.29) is 11.7 Å². The summed E-state index contributed by atoms with van der Waals surface area (Å²) in [6, 6.07) is 0. The van der Waals surface area contributed by atoms with Gasteiger partial charge in [0, 0.05) is 11.8 Å². The van der Waals surface area contributed by atoms with Gasteiger partial charge in [0.05, 0.1) is 12.2 Å². The SMILES string of the molecule is CC(C)CCC[C@H](C)[C@H]1CC[C@H]2[C@@H]3C[C@@H]4O[C@@]45C[C@H](O)CC[C@]5(C)[C@H]3CC[C@]12C. The van der Waals surface area contributed by atoms with Crippen molar-refractivity contribution in [2.75, 3.05) is 0 Å². The molecule has 0 bridgehead atoms. The molecule has 0 aromatic carbocycles. The Morgan fingerprint density at radius 2 is 1.76 bits per heavy atom. The van der Waals surface area contributed by atoms with E-state index in [9.17, 15) is 5.11 Å². The van der Waals surface area contributed by atoms with Crippen molar-refractivity contribution < 1.29 is 9.84 Å². The summed E-state index contributed by atoms with van der Waals surface area (Å²) in [5, 5.41) is 10.4. The van der Waals surface area contributed by atoms with Crippen molar-refractivity contribution in [3.05, 3.63) is 0 Å². The highest BCUT2D eigenvalue weighted by atomic mass is 16.6. The van der Waals surface area contributed by atoms with E-state index >= 15 is 0 Å². The lowest BCUT2D eigenvalue weighted by Gasteiger charge is -2.59. The van der Waals surface area contributed by atoms with Crippen molar-refractivity contribution in [1.29, 1.82) is 0 Å². The van der Waals surface area contributed by atoms with Crippen molar-refractivity contribution in [3.8, 4) is 0 Å². The zero-order valence-corrected chi connectivity index (χ0v) is 19.8. The van der Waals surface area contributed by atoms with Crippen LogP contribution in [0.25, 0.3) is 0 Å². The van der Waals surface area contributed by atoms with Gasteiger partial charge in [-0.3, -0.25) is 0 Å². The lowest BCUT2D eigenvalue weighted by Crippen LogP contribution is -2.58. The highest BCUT2D eigenvalue weighted by Crippen LogP contribution is 2.74. The van der Waals surface area contributed by atoms with Crippen LogP contribution in [0.5, 0.6) is 0 Å². The van der Waals surface area contributed by atoms with Crippen LogP contribution in [0, 0.1) is 46.3 Å². The fourth-order valence-electron chi connectivity index (χ4n) is 9.68. The second kappa shape index (κ2) is 6.96. The Hall–Kier alpha value is -0.0800. The van der Waals surface area contributed by atoms with E-state index in [2.05, 4.69) is 34.6 Å². The van der Waals surface area contributed by atoms with Crippen LogP contribution in [0.4, 0.5) is 0 Å². The van der Waals surface area contributed by atoms with Crippen LogP contribution in [-0.4, -0.2) is 22.9 Å². The van der Waals surface area contributed by atoms with Crippen LogP contribution < -0.4 is 0 Å². The first-order chi connectivity index (χ1) is 13.7. The molecule has 0 radical (unpaired) electrons. The van der Waals surface area contributed by atoms with Crippen molar-refractivity contribution in [2.45, 2.75) is 123 Å². The lowest BCUT2D eigenvalue weighted by molar-refractivity contribution is -0.116. The van der Waals surface area contributed by atoms with Crippen LogP contribution in [-0.2, 0) is 4.74 Å². The summed E-state index contributed by atoms with van der Waals surface area (Å²) in [6.07, 6.45) is 14.8. The smallest absolute Gasteiger partial charge is 0.103 e. The minimum Gasteiger partial charge on any atom is -0.393 e. The van der Waals surface area contributed by atoms with Gasteiger partial charge in [0.2, 0.25) is 0 Å². The molecule has 5 fully saturated rings. The molecule has 2 heteroatoms. The molecule has 4 saturated carbocycles. The minimum atomic E-state index is -0.124. The molecule has 1 aliphatic heterocycles. The number of aliphatic hydroxyl groups excluding tert-OH is 1. The lowest BCUT2D eigenvalue weighted by atomic mass is 9.44. The first-order valence-electron chi connectivity index (χ1n) is 13.1. The van der Waals surface area contributed by atoms with Gasteiger partial charge in [-0.25, -0.2) is 0 Å². The molecule has 166 valence electrons. The predicted octanol–water partition coefficient (Wildman–Crippen LogP) is 6.60. The highest BCUT2D eigenvalue weighted by Gasteiger charge is 2.76. The molecular weight excluding hydrogens is 356 g/mol. The predicted molar refractivity (Wildman–Crippen MR) is 119 cm³/mol. The molecule has 5 rings (SSSR count). The Balaban J connectivity index is 1.33. The Labute approximate surface area is 179 Å². The maximum absolute atomic E-state index is 10.4. The Bertz CT molecular complexity index is 630. The Morgan fingerprint density at radius 3 is 2.52 bits per heavy atom. The van der Waals surface area contributed by atoms with E-state index in [1.165, 1.54) is 57.8 Å². The van der Waals surface area contributed by atoms with Crippen molar-refractivity contribution in [2.24, 2.45) is 46.3 Å². The number of ether oxygens (including phenoxy) is 1. The molecule has 29 heavy (non-hydrogen) atoms. The molecular formula is C27H46O2. The number of rotatable bonds is 5. The summed E-state index contributed by atoms with van der Waals surface area (Å²) < 4.78 is 6.51. The summed E-state index contributed by atoms with van der Waals surface area (Å²) in [7, 11) is 0. The summed E-state index contributed by atoms with van der Waals surface area (Å²) in [6.45, 7) is 12.6. The van der Waals surface area contributed by atoms with Gasteiger partial charge >= 0.3 is 0 Å². The molecule has 10 atom stereocenters. The van der Waals surface area contributed by atoms with Gasteiger partial charge in [-0.2, -0.15) is 0 Å². The van der Waals surface area contributed by atoms with E-state index in [0.717, 1.165) is 48.3 Å². The highest BCUT2D eigenvalue weighted by molar-refractivity contribution is 5.24. The zero-order chi connectivity index (χ0) is 20.6. The van der Waals surface area contributed by atoms with Crippen LogP contribution >= 0.6 is 0 Å². The zero-order valence-electron chi connectivity index (χ0n) is 19.8. The van der Waals surface area contributed by atoms with E-state index in [4.69, 9.17) is 4.74 Å². The van der Waals surface area contributed by atoms with Crippen LogP contribution in [0.15, 0.2) is 0 Å². The monoisotopic (exact) mass is 402 g/mol. The fraction of sp³-hybridized carbons (Fsp3) is 1.00. The molecule has 1 N–H and O–H groups in total. The maximum atomic E-state index is 10.4. The fourth-order valence-corrected chi connectivity index (χ4v) is 9.68. The molecule has 1 spiro atoms. The molecule has 0 aromatic rings. The van der Waals surface area contributed by atoms with Crippen LogP contribution in [0.1, 0.15) is 105 Å². The third-order valence-electron chi connectivity index (χ3n) is 11.3. The summed E-state index contributed by atoms with van der Waals surface area (Å²) >= 11 is 0. The van der Waals surface area contributed by atoms with E-state index in [0.29, 0.717) is 16.9 Å².